The topological polar surface area (TPSA) is 31.8 Å². The standard InChI is InChI=1S/C84H53N4O/c1-2-20-53(21-3-1)54-39-40-81-75(50-54)72-28-10-16-37-80(72)88(81)64-48-59(47-63(52-64)87-78-35-14-8-26-70(78)71-27-9-15-36-79(71)87)57-42-56(45-62(46-57)86-76-33-12-6-24-68(76)69-25-7-13-34-77(69)86)58-43-60(66-30-18-31-74-73-29-11-17-38-83(73)89-84(66)74)49-61(44-58)85-41-19-32-67-65-23-5-4-22-55(65)51-82(67)85/h1-50,52H,51H2/q+1. The lowest BCUT2D eigenvalue weighted by Gasteiger charge is -2.18. The summed E-state index contributed by atoms with van der Waals surface area (Å²) in [6, 6.07) is 112. The zero-order valence-electron chi connectivity index (χ0n) is 48.3. The van der Waals surface area contributed by atoms with Gasteiger partial charge in [-0.3, -0.25) is 0 Å². The van der Waals surface area contributed by atoms with Crippen molar-refractivity contribution in [3.63, 3.8) is 0 Å². The smallest absolute Gasteiger partial charge is 0.212 e. The minimum Gasteiger partial charge on any atom is -0.455 e. The maximum absolute atomic E-state index is 6.87. The van der Waals surface area contributed by atoms with Crippen LogP contribution in [-0.2, 0) is 6.42 Å². The van der Waals surface area contributed by atoms with Gasteiger partial charge in [0.1, 0.15) is 11.2 Å². The summed E-state index contributed by atoms with van der Waals surface area (Å²) >= 11 is 0. The van der Waals surface area contributed by atoms with Crippen LogP contribution in [0.25, 0.3) is 166 Å². The lowest BCUT2D eigenvalue weighted by molar-refractivity contribution is -0.602. The molecule has 1 aliphatic carbocycles. The molecule has 5 heterocycles. The second-order valence-corrected chi connectivity index (χ2v) is 23.8. The predicted octanol–water partition coefficient (Wildman–Crippen LogP) is 21.4. The molecule has 13 aromatic carbocycles. The van der Waals surface area contributed by atoms with Gasteiger partial charge in [-0.05, 0) is 147 Å². The summed E-state index contributed by atoms with van der Waals surface area (Å²) in [5.41, 5.74) is 27.0. The summed E-state index contributed by atoms with van der Waals surface area (Å²) < 4.78 is 16.7. The number of nitrogens with zero attached hydrogens (tertiary/aromatic N) is 4. The number of furan rings is 1. The number of rotatable bonds is 8. The molecule has 0 saturated heterocycles. The van der Waals surface area contributed by atoms with Gasteiger partial charge in [0.2, 0.25) is 5.69 Å². The largest absolute Gasteiger partial charge is 0.455 e. The second-order valence-electron chi connectivity index (χ2n) is 23.8. The monoisotopic (exact) mass is 1130 g/mol. The van der Waals surface area contributed by atoms with E-state index in [0.29, 0.717) is 0 Å². The van der Waals surface area contributed by atoms with E-state index >= 15 is 0 Å². The third-order valence-electron chi connectivity index (χ3n) is 18.9. The molecule has 5 nitrogen and oxygen atoms in total. The molecule has 0 spiro atoms. The maximum Gasteiger partial charge on any atom is 0.212 e. The van der Waals surface area contributed by atoms with E-state index in [-0.39, 0.29) is 0 Å². The normalized spacial score (nSPS) is 12.2. The van der Waals surface area contributed by atoms with E-state index in [9.17, 15) is 0 Å². The molecule has 1 aliphatic rings. The second kappa shape index (κ2) is 19.4. The van der Waals surface area contributed by atoms with Crippen LogP contribution in [0.5, 0.6) is 0 Å². The molecule has 0 bridgehead atoms. The van der Waals surface area contributed by atoms with E-state index in [1.807, 2.05) is 0 Å². The van der Waals surface area contributed by atoms with Gasteiger partial charge in [0.15, 0.2) is 11.9 Å². The molecular weight excluding hydrogens is 1080 g/mol. The van der Waals surface area contributed by atoms with Crippen molar-refractivity contribution in [3.8, 4) is 78.4 Å². The van der Waals surface area contributed by atoms with Crippen LogP contribution in [0.2, 0.25) is 0 Å². The van der Waals surface area contributed by atoms with Crippen molar-refractivity contribution < 1.29 is 8.98 Å². The van der Waals surface area contributed by atoms with E-state index in [2.05, 4.69) is 328 Å². The Kier molecular flexibility index (Phi) is 10.8. The number of hydrogen-bond donors (Lipinski definition) is 0. The Morgan fingerprint density at radius 2 is 0.719 bits per heavy atom. The average molecular weight is 1130 g/mol. The molecular formula is C84H53N4O+. The number of pyridine rings is 1. The third kappa shape index (κ3) is 7.65. The molecule has 18 aromatic rings. The van der Waals surface area contributed by atoms with E-state index in [0.717, 1.165) is 118 Å². The molecule has 19 rings (SSSR count). The van der Waals surface area contributed by atoms with Crippen LogP contribution in [0.1, 0.15) is 11.3 Å². The minimum absolute atomic E-state index is 0.837. The van der Waals surface area contributed by atoms with Gasteiger partial charge in [0.25, 0.3) is 0 Å². The van der Waals surface area contributed by atoms with Gasteiger partial charge in [-0.2, -0.15) is 4.57 Å². The molecule has 0 aliphatic heterocycles. The van der Waals surface area contributed by atoms with Crippen LogP contribution in [-0.4, -0.2) is 13.7 Å². The molecule has 0 amide bonds. The fourth-order valence-corrected chi connectivity index (χ4v) is 14.9. The van der Waals surface area contributed by atoms with Gasteiger partial charge >= 0.3 is 0 Å². The van der Waals surface area contributed by atoms with Gasteiger partial charge in [-0.15, -0.1) is 0 Å². The SMILES string of the molecule is c1ccc(-c2ccc3c(c2)c2ccccc2n3-c2cc(-c3cc(-c4cc(-c5cccc6c5oc5ccccc56)cc(-[n+]5cccc6c5Cc5ccccc5-6)c4)cc(-n4c5ccccc5c5ccccc54)c3)cc(-n3c4ccccc4c4ccccc43)c2)cc1. The summed E-state index contributed by atoms with van der Waals surface area (Å²) in [6.45, 7) is 0. The van der Waals surface area contributed by atoms with Crippen molar-refractivity contribution in [1.82, 2.24) is 13.7 Å². The van der Waals surface area contributed by atoms with Crippen LogP contribution < -0.4 is 4.57 Å². The number of para-hydroxylation sites is 7. The minimum atomic E-state index is 0.837. The Morgan fingerprint density at radius 3 is 1.35 bits per heavy atom. The number of fused-ring (bicyclic) bond motifs is 15. The predicted molar refractivity (Wildman–Crippen MR) is 368 cm³/mol. The number of aromatic nitrogens is 4. The lowest BCUT2D eigenvalue weighted by atomic mass is 9.93. The van der Waals surface area contributed by atoms with Crippen molar-refractivity contribution in [2.75, 3.05) is 0 Å². The maximum atomic E-state index is 6.87. The number of benzene rings is 13. The molecule has 0 N–H and O–H groups in total. The molecule has 89 heavy (non-hydrogen) atoms. The quantitative estimate of drug-likeness (QED) is 0.140. The first kappa shape index (κ1) is 49.5. The highest BCUT2D eigenvalue weighted by Gasteiger charge is 2.29. The first-order chi connectivity index (χ1) is 44.1. The van der Waals surface area contributed by atoms with Crippen LogP contribution >= 0.6 is 0 Å². The van der Waals surface area contributed by atoms with Crippen molar-refractivity contribution in [2.24, 2.45) is 0 Å². The zero-order chi connectivity index (χ0) is 58.3. The van der Waals surface area contributed by atoms with Gasteiger partial charge in [0.05, 0.1) is 45.1 Å². The Morgan fingerprint density at radius 1 is 0.270 bits per heavy atom. The van der Waals surface area contributed by atoms with Gasteiger partial charge in [-0.1, -0.05) is 188 Å². The fraction of sp³-hybridized carbons (Fsp3) is 0.0119. The molecule has 5 heteroatoms. The lowest BCUT2D eigenvalue weighted by Crippen LogP contribution is -2.35. The third-order valence-corrected chi connectivity index (χ3v) is 18.9. The highest BCUT2D eigenvalue weighted by molar-refractivity contribution is 6.13. The van der Waals surface area contributed by atoms with E-state index in [1.165, 1.54) is 65.8 Å². The van der Waals surface area contributed by atoms with Gasteiger partial charge in [0, 0.05) is 83.9 Å². The Labute approximate surface area is 512 Å². The number of hydrogen-bond acceptors (Lipinski definition) is 1. The molecule has 0 fully saturated rings. The summed E-state index contributed by atoms with van der Waals surface area (Å²) in [5.74, 6) is 0. The first-order valence-electron chi connectivity index (χ1n) is 30.7. The highest BCUT2D eigenvalue weighted by atomic mass is 16.3. The zero-order valence-corrected chi connectivity index (χ0v) is 48.3. The van der Waals surface area contributed by atoms with Crippen LogP contribution in [0.3, 0.4) is 0 Å². The molecule has 0 radical (unpaired) electrons. The van der Waals surface area contributed by atoms with Crippen molar-refractivity contribution in [3.05, 3.63) is 321 Å². The molecule has 0 saturated carbocycles. The van der Waals surface area contributed by atoms with Crippen molar-refractivity contribution in [2.45, 2.75) is 6.42 Å². The molecule has 414 valence electrons. The van der Waals surface area contributed by atoms with Gasteiger partial charge < -0.3 is 18.1 Å². The van der Waals surface area contributed by atoms with Crippen LogP contribution in [0, 0.1) is 0 Å². The van der Waals surface area contributed by atoms with E-state index < -0.39 is 0 Å². The summed E-state index contributed by atoms with van der Waals surface area (Å²) in [4.78, 5) is 0. The van der Waals surface area contributed by atoms with Crippen molar-refractivity contribution in [1.29, 1.82) is 0 Å². The molecule has 5 aromatic heterocycles. The summed E-state index contributed by atoms with van der Waals surface area (Å²) in [5, 5.41) is 9.49. The molecule has 0 atom stereocenters. The Hall–Kier alpha value is -11.8. The summed E-state index contributed by atoms with van der Waals surface area (Å²) in [7, 11) is 0. The van der Waals surface area contributed by atoms with E-state index in [1.54, 1.807) is 0 Å². The molecule has 0 unspecified atom stereocenters. The van der Waals surface area contributed by atoms with E-state index in [4.69, 9.17) is 4.42 Å². The Bertz CT molecular complexity index is 5860. The van der Waals surface area contributed by atoms with Gasteiger partial charge in [-0.25, -0.2) is 0 Å². The van der Waals surface area contributed by atoms with Crippen molar-refractivity contribution >= 4 is 87.4 Å². The fourth-order valence-electron chi connectivity index (χ4n) is 14.9. The average Bonchev–Trinajstić information content (AvgIpc) is 1.89. The summed E-state index contributed by atoms with van der Waals surface area (Å²) in [6.07, 6.45) is 3.08. The van der Waals surface area contributed by atoms with Crippen LogP contribution in [0.4, 0.5) is 0 Å². The van der Waals surface area contributed by atoms with Crippen LogP contribution in [0.15, 0.2) is 314 Å². The first-order valence-corrected chi connectivity index (χ1v) is 30.7. The Balaban J connectivity index is 0.910. The highest BCUT2D eigenvalue weighted by Crippen LogP contribution is 2.44.